The first-order valence-corrected chi connectivity index (χ1v) is 5.71. The Hall–Kier alpha value is -1.58. The maximum absolute atomic E-state index is 9.91. The van der Waals surface area contributed by atoms with Crippen molar-refractivity contribution in [3.63, 3.8) is 0 Å². The molecule has 0 saturated carbocycles. The van der Waals surface area contributed by atoms with Gasteiger partial charge in [-0.15, -0.1) is 0 Å². The minimum atomic E-state index is -0.570. The molecule has 0 aliphatic heterocycles. The fraction of sp³-hybridized carbons (Fsp3) is 0.154. The van der Waals surface area contributed by atoms with Crippen LogP contribution in [0.25, 0.3) is 0 Å². The fourth-order valence-electron chi connectivity index (χ4n) is 1.47. The molecule has 0 radical (unpaired) electrons. The Morgan fingerprint density at radius 1 is 1.24 bits per heavy atom. The van der Waals surface area contributed by atoms with E-state index in [2.05, 4.69) is 10.3 Å². The summed E-state index contributed by atoms with van der Waals surface area (Å²) < 4.78 is 0. The topological polar surface area (TPSA) is 45.1 Å². The first-order valence-electron chi connectivity index (χ1n) is 5.33. The molecule has 88 valence electrons. The third-order valence-corrected chi connectivity index (χ3v) is 2.66. The number of halogens is 1. The second kappa shape index (κ2) is 5.66. The largest absolute Gasteiger partial charge is 0.387 e. The highest BCUT2D eigenvalue weighted by Gasteiger charge is 2.06. The van der Waals surface area contributed by atoms with E-state index >= 15 is 0 Å². The molecule has 2 N–H and O–H groups in total. The summed E-state index contributed by atoms with van der Waals surface area (Å²) >= 11 is 5.78. The minimum Gasteiger partial charge on any atom is -0.387 e. The molecule has 4 heteroatoms. The van der Waals surface area contributed by atoms with E-state index in [0.717, 1.165) is 11.3 Å². The molecule has 0 spiro atoms. The van der Waals surface area contributed by atoms with E-state index in [1.165, 1.54) is 0 Å². The van der Waals surface area contributed by atoms with Crippen LogP contribution in [-0.2, 0) is 0 Å². The average molecular weight is 249 g/mol. The average Bonchev–Trinajstić information content (AvgIpc) is 2.39. The van der Waals surface area contributed by atoms with Crippen molar-refractivity contribution in [3.05, 3.63) is 59.4 Å². The quantitative estimate of drug-likeness (QED) is 0.875. The van der Waals surface area contributed by atoms with Gasteiger partial charge in [-0.1, -0.05) is 17.7 Å². The molecule has 0 fully saturated rings. The number of benzene rings is 1. The molecule has 0 amide bonds. The summed E-state index contributed by atoms with van der Waals surface area (Å²) in [5.74, 6) is 0. The van der Waals surface area contributed by atoms with Crippen LogP contribution in [0, 0.1) is 0 Å². The van der Waals surface area contributed by atoms with Gasteiger partial charge in [0.2, 0.25) is 0 Å². The number of aliphatic hydroxyl groups is 1. The van der Waals surface area contributed by atoms with Crippen molar-refractivity contribution in [2.24, 2.45) is 0 Å². The van der Waals surface area contributed by atoms with E-state index in [1.807, 2.05) is 18.2 Å². The molecule has 0 aliphatic carbocycles. The number of nitrogens with one attached hydrogen (secondary N) is 1. The number of rotatable bonds is 4. The summed E-state index contributed by atoms with van der Waals surface area (Å²) in [7, 11) is 0. The SMILES string of the molecule is OC(CNc1ccc(Cl)cc1)c1cccnc1. The molecule has 0 bridgehead atoms. The van der Waals surface area contributed by atoms with Crippen LogP contribution in [0.3, 0.4) is 0 Å². The van der Waals surface area contributed by atoms with Gasteiger partial charge in [0, 0.05) is 35.2 Å². The Bertz CT molecular complexity index is 459. The predicted octanol–water partition coefficient (Wildman–Crippen LogP) is 2.88. The van der Waals surface area contributed by atoms with Gasteiger partial charge in [-0.05, 0) is 30.3 Å². The van der Waals surface area contributed by atoms with E-state index in [0.29, 0.717) is 11.6 Å². The highest BCUT2D eigenvalue weighted by molar-refractivity contribution is 6.30. The molecule has 17 heavy (non-hydrogen) atoms. The van der Waals surface area contributed by atoms with Gasteiger partial charge in [-0.2, -0.15) is 0 Å². The predicted molar refractivity (Wildman–Crippen MR) is 69.1 cm³/mol. The highest BCUT2D eigenvalue weighted by atomic mass is 35.5. The Kier molecular flexibility index (Phi) is 3.96. The second-order valence-electron chi connectivity index (χ2n) is 3.69. The van der Waals surface area contributed by atoms with Crippen LogP contribution >= 0.6 is 11.6 Å². The molecular formula is C13H13ClN2O. The molecule has 2 aromatic rings. The lowest BCUT2D eigenvalue weighted by molar-refractivity contribution is 0.191. The lowest BCUT2D eigenvalue weighted by Gasteiger charge is -2.12. The fourth-order valence-corrected chi connectivity index (χ4v) is 1.60. The minimum absolute atomic E-state index is 0.438. The van der Waals surface area contributed by atoms with Crippen molar-refractivity contribution in [2.75, 3.05) is 11.9 Å². The molecular weight excluding hydrogens is 236 g/mol. The summed E-state index contributed by atoms with van der Waals surface area (Å²) in [5, 5.41) is 13.7. The van der Waals surface area contributed by atoms with Crippen molar-refractivity contribution in [1.29, 1.82) is 0 Å². The standard InChI is InChI=1S/C13H13ClN2O/c14-11-3-5-12(6-4-11)16-9-13(17)10-2-1-7-15-8-10/h1-8,13,16-17H,9H2. The van der Waals surface area contributed by atoms with E-state index in [1.54, 1.807) is 30.6 Å². The number of pyridine rings is 1. The second-order valence-corrected chi connectivity index (χ2v) is 4.13. The number of hydrogen-bond acceptors (Lipinski definition) is 3. The van der Waals surface area contributed by atoms with E-state index in [-0.39, 0.29) is 0 Å². The monoisotopic (exact) mass is 248 g/mol. The Balaban J connectivity index is 1.92. The van der Waals surface area contributed by atoms with E-state index in [9.17, 15) is 5.11 Å². The zero-order valence-electron chi connectivity index (χ0n) is 9.18. The van der Waals surface area contributed by atoms with Crippen LogP contribution in [0.2, 0.25) is 5.02 Å². The summed E-state index contributed by atoms with van der Waals surface area (Å²) in [6.07, 6.45) is 2.77. The zero-order chi connectivity index (χ0) is 12.1. The number of aromatic nitrogens is 1. The molecule has 1 aromatic heterocycles. The molecule has 1 heterocycles. The summed E-state index contributed by atoms with van der Waals surface area (Å²) in [6.45, 7) is 0.438. The van der Waals surface area contributed by atoms with Crippen molar-refractivity contribution in [3.8, 4) is 0 Å². The molecule has 0 aliphatic rings. The molecule has 0 saturated heterocycles. The van der Waals surface area contributed by atoms with Gasteiger partial charge in [-0.25, -0.2) is 0 Å². The first-order chi connectivity index (χ1) is 8.25. The summed E-state index contributed by atoms with van der Waals surface area (Å²) in [4.78, 5) is 3.97. The Labute approximate surface area is 105 Å². The van der Waals surface area contributed by atoms with Crippen LogP contribution in [0.5, 0.6) is 0 Å². The Morgan fingerprint density at radius 3 is 2.65 bits per heavy atom. The number of hydrogen-bond donors (Lipinski definition) is 2. The third kappa shape index (κ3) is 3.44. The van der Waals surface area contributed by atoms with Crippen molar-refractivity contribution >= 4 is 17.3 Å². The van der Waals surface area contributed by atoms with Gasteiger partial charge in [0.1, 0.15) is 0 Å². The van der Waals surface area contributed by atoms with Crippen LogP contribution in [0.15, 0.2) is 48.8 Å². The third-order valence-electron chi connectivity index (χ3n) is 2.41. The van der Waals surface area contributed by atoms with Gasteiger partial charge in [0.15, 0.2) is 0 Å². The van der Waals surface area contributed by atoms with Crippen LogP contribution in [0.4, 0.5) is 5.69 Å². The first kappa shape index (κ1) is 11.9. The van der Waals surface area contributed by atoms with Gasteiger partial charge in [-0.3, -0.25) is 4.98 Å². The molecule has 1 atom stereocenters. The molecule has 2 rings (SSSR count). The number of nitrogens with zero attached hydrogens (tertiary/aromatic N) is 1. The maximum atomic E-state index is 9.91. The smallest absolute Gasteiger partial charge is 0.0977 e. The van der Waals surface area contributed by atoms with E-state index in [4.69, 9.17) is 11.6 Å². The van der Waals surface area contributed by atoms with Gasteiger partial charge in [0.25, 0.3) is 0 Å². The van der Waals surface area contributed by atoms with E-state index < -0.39 is 6.10 Å². The number of aliphatic hydroxyl groups excluding tert-OH is 1. The number of anilines is 1. The molecule has 1 unspecified atom stereocenters. The normalized spacial score (nSPS) is 12.1. The van der Waals surface area contributed by atoms with Gasteiger partial charge < -0.3 is 10.4 Å². The van der Waals surface area contributed by atoms with Crippen LogP contribution in [-0.4, -0.2) is 16.6 Å². The molecule has 3 nitrogen and oxygen atoms in total. The van der Waals surface area contributed by atoms with Crippen LogP contribution in [0.1, 0.15) is 11.7 Å². The van der Waals surface area contributed by atoms with Crippen molar-refractivity contribution in [2.45, 2.75) is 6.10 Å². The van der Waals surface area contributed by atoms with Crippen molar-refractivity contribution in [1.82, 2.24) is 4.98 Å². The lowest BCUT2D eigenvalue weighted by atomic mass is 10.1. The maximum Gasteiger partial charge on any atom is 0.0977 e. The summed E-state index contributed by atoms with van der Waals surface area (Å²) in [6, 6.07) is 11.0. The van der Waals surface area contributed by atoms with Crippen molar-refractivity contribution < 1.29 is 5.11 Å². The summed E-state index contributed by atoms with van der Waals surface area (Å²) in [5.41, 5.74) is 1.73. The Morgan fingerprint density at radius 2 is 2.00 bits per heavy atom. The molecule has 1 aromatic carbocycles. The highest BCUT2D eigenvalue weighted by Crippen LogP contribution is 2.16. The zero-order valence-corrected chi connectivity index (χ0v) is 9.93. The van der Waals surface area contributed by atoms with Gasteiger partial charge in [0.05, 0.1) is 6.10 Å². The van der Waals surface area contributed by atoms with Gasteiger partial charge >= 0.3 is 0 Å². The lowest BCUT2D eigenvalue weighted by Crippen LogP contribution is -2.12. The van der Waals surface area contributed by atoms with Crippen LogP contribution < -0.4 is 5.32 Å².